The number of Topliss-reactive ketones (excluding diaryl/α,β-unsaturated/α-hetero) is 2. The van der Waals surface area contributed by atoms with Gasteiger partial charge in [0.25, 0.3) is 23.4 Å². The number of amides is 2. The Kier molecular flexibility index (Phi) is 9.13. The van der Waals surface area contributed by atoms with E-state index in [2.05, 4.69) is 4.90 Å². The minimum Gasteiger partial charge on any atom is -0.462 e. The lowest BCUT2D eigenvalue weighted by atomic mass is 10.1. The summed E-state index contributed by atoms with van der Waals surface area (Å²) in [6.45, 7) is 7.45. The van der Waals surface area contributed by atoms with Crippen LogP contribution in [0, 0.1) is 19.7 Å². The standard InChI is InChI=1S/C41H40FN5O7/c1-24-5-9-32-27(19-24)37(49)39(51)45(32)12-3-11-43-14-16-44(17-15-43)35-22-34-29(21-31(35)42)36(48)30(23-47(34)26-7-8-26)41(53)54-18-4-13-46-33-10-6-25(2)20-28(33)38(50)40(46)52/h5-6,9-10,19-23,26H,3-4,7-8,11-18H2,1-2H3. The van der Waals surface area contributed by atoms with Crippen LogP contribution in [0.4, 0.5) is 21.5 Å². The number of esters is 1. The molecular weight excluding hydrogens is 693 g/mol. The minimum absolute atomic E-state index is 0.0750. The second kappa shape index (κ2) is 13.9. The number of carbonyl (C=O) groups excluding carboxylic acids is 5. The Morgan fingerprint density at radius 3 is 1.93 bits per heavy atom. The predicted octanol–water partition coefficient (Wildman–Crippen LogP) is 4.61. The van der Waals surface area contributed by atoms with Gasteiger partial charge >= 0.3 is 5.97 Å². The number of halogens is 1. The Morgan fingerprint density at radius 1 is 0.741 bits per heavy atom. The molecule has 54 heavy (non-hydrogen) atoms. The highest BCUT2D eigenvalue weighted by Crippen LogP contribution is 2.38. The Bertz CT molecular complexity index is 2320. The maximum atomic E-state index is 15.8. The highest BCUT2D eigenvalue weighted by Gasteiger charge is 2.37. The number of fused-ring (bicyclic) bond motifs is 3. The number of nitrogens with zero attached hydrogens (tertiary/aromatic N) is 5. The third-order valence-electron chi connectivity index (χ3n) is 10.8. The Hall–Kier alpha value is -5.69. The number of aromatic nitrogens is 1. The van der Waals surface area contributed by atoms with Crippen LogP contribution in [0.3, 0.4) is 0 Å². The quantitative estimate of drug-likeness (QED) is 0.123. The number of piperazine rings is 1. The molecule has 4 heterocycles. The van der Waals surface area contributed by atoms with Crippen molar-refractivity contribution in [3.63, 3.8) is 0 Å². The third-order valence-corrected chi connectivity index (χ3v) is 10.8. The fourth-order valence-electron chi connectivity index (χ4n) is 7.80. The summed E-state index contributed by atoms with van der Waals surface area (Å²) in [6.07, 6.45) is 4.18. The van der Waals surface area contributed by atoms with Crippen LogP contribution in [0.15, 0.2) is 59.5 Å². The SMILES string of the molecule is Cc1ccc2c(c1)C(=O)C(=O)N2CCCOC(=O)c1cn(C2CC2)c2cc(N3CCN(CCCN4C(=O)C(=O)c5cc(C)ccc54)CC3)c(F)cc2c1=O. The van der Waals surface area contributed by atoms with Gasteiger partial charge in [-0.15, -0.1) is 0 Å². The maximum absolute atomic E-state index is 15.8. The normalized spacial score (nSPS) is 17.2. The van der Waals surface area contributed by atoms with E-state index in [0.717, 1.165) is 30.5 Å². The fourth-order valence-corrected chi connectivity index (χ4v) is 7.80. The molecule has 278 valence electrons. The lowest BCUT2D eigenvalue weighted by molar-refractivity contribution is -0.114. The Balaban J connectivity index is 0.899. The van der Waals surface area contributed by atoms with Gasteiger partial charge in [0.05, 0.1) is 40.3 Å². The molecule has 0 bridgehead atoms. The van der Waals surface area contributed by atoms with Crippen molar-refractivity contribution in [2.45, 2.75) is 45.6 Å². The van der Waals surface area contributed by atoms with Crippen molar-refractivity contribution in [1.29, 1.82) is 0 Å². The van der Waals surface area contributed by atoms with Crippen molar-refractivity contribution in [1.82, 2.24) is 9.47 Å². The van der Waals surface area contributed by atoms with Gasteiger partial charge in [-0.2, -0.15) is 0 Å². The molecule has 0 radical (unpaired) electrons. The first-order chi connectivity index (χ1) is 26.0. The topological polar surface area (TPSA) is 130 Å². The van der Waals surface area contributed by atoms with E-state index in [0.29, 0.717) is 72.9 Å². The highest BCUT2D eigenvalue weighted by atomic mass is 19.1. The molecule has 2 fully saturated rings. The van der Waals surface area contributed by atoms with Crippen molar-refractivity contribution in [3.8, 4) is 0 Å². The Morgan fingerprint density at radius 2 is 1.33 bits per heavy atom. The first-order valence-corrected chi connectivity index (χ1v) is 18.5. The van der Waals surface area contributed by atoms with Gasteiger partial charge < -0.3 is 24.0 Å². The smallest absolute Gasteiger partial charge is 0.343 e. The molecule has 0 spiro atoms. The molecule has 1 aliphatic carbocycles. The molecule has 12 nitrogen and oxygen atoms in total. The van der Waals surface area contributed by atoms with Crippen LogP contribution in [0.1, 0.15) is 73.9 Å². The number of benzene rings is 3. The number of ketones is 2. The molecule has 8 rings (SSSR count). The van der Waals surface area contributed by atoms with Crippen molar-refractivity contribution in [2.24, 2.45) is 0 Å². The van der Waals surface area contributed by atoms with E-state index in [1.54, 1.807) is 29.2 Å². The van der Waals surface area contributed by atoms with E-state index in [-0.39, 0.29) is 36.6 Å². The largest absolute Gasteiger partial charge is 0.462 e. The number of anilines is 3. The van der Waals surface area contributed by atoms with Gasteiger partial charge in [0.2, 0.25) is 5.43 Å². The van der Waals surface area contributed by atoms with Crippen molar-refractivity contribution in [3.05, 3.63) is 98.6 Å². The van der Waals surface area contributed by atoms with Crippen molar-refractivity contribution >= 4 is 57.3 Å². The summed E-state index contributed by atoms with van der Waals surface area (Å²) < 4.78 is 23.1. The molecule has 4 aromatic rings. The molecule has 3 aromatic carbocycles. The van der Waals surface area contributed by atoms with Crippen LogP contribution in [-0.2, 0) is 14.3 Å². The molecule has 1 saturated heterocycles. The zero-order chi connectivity index (χ0) is 37.8. The zero-order valence-corrected chi connectivity index (χ0v) is 30.2. The summed E-state index contributed by atoms with van der Waals surface area (Å²) in [5.41, 5.74) is 3.98. The van der Waals surface area contributed by atoms with Gasteiger partial charge in [0.15, 0.2) is 0 Å². The molecule has 4 aliphatic rings. The van der Waals surface area contributed by atoms with E-state index in [1.165, 1.54) is 17.2 Å². The monoisotopic (exact) mass is 733 g/mol. The van der Waals surface area contributed by atoms with E-state index in [9.17, 15) is 28.8 Å². The number of ether oxygens (including phenoxy) is 1. The first-order valence-electron chi connectivity index (χ1n) is 18.5. The lowest BCUT2D eigenvalue weighted by Gasteiger charge is -2.36. The van der Waals surface area contributed by atoms with E-state index in [1.807, 2.05) is 41.5 Å². The minimum atomic E-state index is -0.822. The van der Waals surface area contributed by atoms with E-state index < -0.39 is 40.6 Å². The van der Waals surface area contributed by atoms with Gasteiger partial charge in [-0.25, -0.2) is 9.18 Å². The van der Waals surface area contributed by atoms with Crippen LogP contribution in [0.5, 0.6) is 0 Å². The average Bonchev–Trinajstić information content (AvgIpc) is 3.95. The maximum Gasteiger partial charge on any atom is 0.343 e. The second-order valence-electron chi connectivity index (χ2n) is 14.6. The van der Waals surface area contributed by atoms with Gasteiger partial charge in [-0.3, -0.25) is 28.9 Å². The summed E-state index contributed by atoms with van der Waals surface area (Å²) in [5, 5.41) is 0.107. The van der Waals surface area contributed by atoms with Crippen molar-refractivity contribution in [2.75, 3.05) is 67.1 Å². The fraction of sp³-hybridized carbons (Fsp3) is 0.366. The number of carbonyl (C=O) groups is 5. The van der Waals surface area contributed by atoms with Crippen molar-refractivity contribution < 1.29 is 33.1 Å². The summed E-state index contributed by atoms with van der Waals surface area (Å²) in [4.78, 5) is 84.1. The first kappa shape index (κ1) is 35.3. The number of rotatable bonds is 11. The highest BCUT2D eigenvalue weighted by molar-refractivity contribution is 6.52. The van der Waals surface area contributed by atoms with E-state index in [4.69, 9.17) is 4.74 Å². The summed E-state index contributed by atoms with van der Waals surface area (Å²) >= 11 is 0. The van der Waals surface area contributed by atoms with Crippen LogP contribution in [0.25, 0.3) is 10.9 Å². The number of hydrogen-bond donors (Lipinski definition) is 0. The molecule has 0 unspecified atom stereocenters. The zero-order valence-electron chi connectivity index (χ0n) is 30.2. The summed E-state index contributed by atoms with van der Waals surface area (Å²) in [5.74, 6) is -3.52. The number of aryl methyl sites for hydroxylation is 2. The average molecular weight is 734 g/mol. The lowest BCUT2D eigenvalue weighted by Crippen LogP contribution is -2.47. The van der Waals surface area contributed by atoms with Crippen LogP contribution < -0.4 is 20.1 Å². The molecule has 1 saturated carbocycles. The van der Waals surface area contributed by atoms with Gasteiger partial charge in [-0.05, 0) is 82.5 Å². The number of pyridine rings is 1. The summed E-state index contributed by atoms with van der Waals surface area (Å²) in [6, 6.07) is 13.7. The van der Waals surface area contributed by atoms with Gasteiger partial charge in [0, 0.05) is 56.9 Å². The van der Waals surface area contributed by atoms with Crippen LogP contribution in [0.2, 0.25) is 0 Å². The molecule has 0 atom stereocenters. The van der Waals surface area contributed by atoms with E-state index >= 15 is 4.39 Å². The van der Waals surface area contributed by atoms with Gasteiger partial charge in [0.1, 0.15) is 11.4 Å². The molecule has 3 aliphatic heterocycles. The molecule has 2 amide bonds. The molecular formula is C41H40FN5O7. The van der Waals surface area contributed by atoms with Crippen LogP contribution >= 0.6 is 0 Å². The molecule has 13 heteroatoms. The second-order valence-corrected chi connectivity index (χ2v) is 14.6. The predicted molar refractivity (Wildman–Crippen MR) is 200 cm³/mol. The number of hydrogen-bond acceptors (Lipinski definition) is 9. The molecule has 1 aromatic heterocycles. The van der Waals surface area contributed by atoms with Crippen LogP contribution in [-0.4, -0.2) is 91.2 Å². The third kappa shape index (κ3) is 6.36. The Labute approximate surface area is 310 Å². The summed E-state index contributed by atoms with van der Waals surface area (Å²) in [7, 11) is 0. The molecule has 0 N–H and O–H groups in total. The van der Waals surface area contributed by atoms with Gasteiger partial charge in [-0.1, -0.05) is 23.3 Å².